The molecule has 0 unspecified atom stereocenters. The number of aryl methyl sites for hydroxylation is 1. The van der Waals surface area contributed by atoms with Crippen LogP contribution in [-0.2, 0) is 7.05 Å². The van der Waals surface area contributed by atoms with Crippen LogP contribution in [0.3, 0.4) is 0 Å². The van der Waals surface area contributed by atoms with Gasteiger partial charge in [0, 0.05) is 56.4 Å². The maximum atomic E-state index is 4.95. The van der Waals surface area contributed by atoms with Crippen LogP contribution in [0, 0.1) is 0 Å². The van der Waals surface area contributed by atoms with E-state index in [0.717, 1.165) is 37.6 Å². The Balaban J connectivity index is 1.67. The van der Waals surface area contributed by atoms with Crippen LogP contribution in [0.2, 0.25) is 0 Å². The van der Waals surface area contributed by atoms with Gasteiger partial charge in [-0.15, -0.1) is 0 Å². The Morgan fingerprint density at radius 3 is 2.65 bits per heavy atom. The third kappa shape index (κ3) is 2.45. The second-order valence-electron chi connectivity index (χ2n) is 6.32. The van der Waals surface area contributed by atoms with Gasteiger partial charge < -0.3 is 9.47 Å². The monoisotopic (exact) mass is 309 g/mol. The quantitative estimate of drug-likeness (QED) is 0.745. The Bertz CT molecular complexity index is 830. The van der Waals surface area contributed by atoms with Gasteiger partial charge in [0.1, 0.15) is 11.5 Å². The van der Waals surface area contributed by atoms with Gasteiger partial charge in [0.15, 0.2) is 0 Å². The highest BCUT2D eigenvalue weighted by Gasteiger charge is 2.18. The van der Waals surface area contributed by atoms with Gasteiger partial charge in [-0.25, -0.2) is 4.98 Å². The molecular formula is C18H23N5. The first kappa shape index (κ1) is 14.5. The predicted octanol–water partition coefficient (Wildman–Crippen LogP) is 2.65. The Labute approximate surface area is 136 Å². The molecule has 0 amide bonds. The first-order valence-electron chi connectivity index (χ1n) is 8.44. The molecule has 0 aliphatic carbocycles. The summed E-state index contributed by atoms with van der Waals surface area (Å²) < 4.78 is 2.17. The van der Waals surface area contributed by atoms with Crippen LogP contribution in [0.1, 0.15) is 13.3 Å². The highest BCUT2D eigenvalue weighted by Crippen LogP contribution is 2.28. The lowest BCUT2D eigenvalue weighted by molar-refractivity contribution is 0.258. The predicted molar refractivity (Wildman–Crippen MR) is 95.0 cm³/mol. The summed E-state index contributed by atoms with van der Waals surface area (Å²) in [5.41, 5.74) is 2.23. The molecule has 0 bridgehead atoms. The molecule has 5 nitrogen and oxygen atoms in total. The number of hydrogen-bond donors (Lipinski definition) is 0. The molecular weight excluding hydrogens is 286 g/mol. The van der Waals surface area contributed by atoms with Gasteiger partial charge in [-0.3, -0.25) is 9.88 Å². The average Bonchev–Trinajstić information content (AvgIpc) is 2.89. The number of hydrogen-bond acceptors (Lipinski definition) is 4. The molecule has 0 aromatic carbocycles. The number of rotatable bonds is 3. The number of fused-ring (bicyclic) bond motifs is 3. The minimum Gasteiger partial charge on any atom is -0.354 e. The lowest BCUT2D eigenvalue weighted by Gasteiger charge is -2.35. The summed E-state index contributed by atoms with van der Waals surface area (Å²) >= 11 is 0. The summed E-state index contributed by atoms with van der Waals surface area (Å²) in [5.74, 6) is 1.09. The van der Waals surface area contributed by atoms with Crippen molar-refractivity contribution in [3.8, 4) is 0 Å². The molecule has 5 heteroatoms. The van der Waals surface area contributed by atoms with Crippen molar-refractivity contribution >= 4 is 27.8 Å². The third-order valence-electron chi connectivity index (χ3n) is 4.86. The molecule has 1 aliphatic rings. The van der Waals surface area contributed by atoms with Gasteiger partial charge in [-0.05, 0) is 31.2 Å². The van der Waals surface area contributed by atoms with Crippen LogP contribution in [0.4, 0.5) is 5.82 Å². The zero-order valence-corrected chi connectivity index (χ0v) is 13.9. The number of nitrogens with zero attached hydrogens (tertiary/aromatic N) is 5. The second-order valence-corrected chi connectivity index (χ2v) is 6.32. The van der Waals surface area contributed by atoms with Crippen LogP contribution in [-0.4, -0.2) is 52.2 Å². The lowest BCUT2D eigenvalue weighted by Crippen LogP contribution is -2.46. The highest BCUT2D eigenvalue weighted by molar-refractivity contribution is 6.06. The Kier molecular flexibility index (Phi) is 3.65. The number of piperazine rings is 1. The molecule has 3 aromatic heterocycles. The van der Waals surface area contributed by atoms with Crippen molar-refractivity contribution < 1.29 is 0 Å². The van der Waals surface area contributed by atoms with Crippen LogP contribution in [0.15, 0.2) is 30.6 Å². The van der Waals surface area contributed by atoms with E-state index in [1.54, 1.807) is 0 Å². The van der Waals surface area contributed by atoms with Gasteiger partial charge in [0.05, 0.1) is 5.52 Å². The van der Waals surface area contributed by atoms with Gasteiger partial charge >= 0.3 is 0 Å². The minimum atomic E-state index is 1.04. The van der Waals surface area contributed by atoms with Crippen molar-refractivity contribution in [1.29, 1.82) is 0 Å². The number of pyridine rings is 2. The second kappa shape index (κ2) is 5.81. The SMILES string of the molecule is CCCN1CCN(c2ccc3c4cnccc4n(C)c3n2)CC1. The van der Waals surface area contributed by atoms with Crippen LogP contribution in [0.5, 0.6) is 0 Å². The molecule has 1 saturated heterocycles. The first-order chi connectivity index (χ1) is 11.3. The average molecular weight is 309 g/mol. The fraction of sp³-hybridized carbons (Fsp3) is 0.444. The van der Waals surface area contributed by atoms with Crippen molar-refractivity contribution in [1.82, 2.24) is 19.4 Å². The summed E-state index contributed by atoms with van der Waals surface area (Å²) in [7, 11) is 2.08. The highest BCUT2D eigenvalue weighted by atomic mass is 15.3. The van der Waals surface area contributed by atoms with Crippen molar-refractivity contribution in [2.24, 2.45) is 7.05 Å². The Morgan fingerprint density at radius 1 is 1.04 bits per heavy atom. The summed E-state index contributed by atoms with van der Waals surface area (Å²) in [6.45, 7) is 7.83. The van der Waals surface area contributed by atoms with E-state index in [0.29, 0.717) is 0 Å². The standard InChI is InChI=1S/C18H23N5/c1-3-8-22-9-11-23(12-10-22)17-5-4-14-15-13-19-7-6-16(15)21(2)18(14)20-17/h4-7,13H,3,8-12H2,1-2H3. The number of aromatic nitrogens is 3. The van der Waals surface area contributed by atoms with Crippen LogP contribution >= 0.6 is 0 Å². The molecule has 23 heavy (non-hydrogen) atoms. The van der Waals surface area contributed by atoms with E-state index >= 15 is 0 Å². The molecule has 4 heterocycles. The summed E-state index contributed by atoms with van der Waals surface area (Å²) in [6.07, 6.45) is 5.01. The van der Waals surface area contributed by atoms with Gasteiger partial charge in [-0.1, -0.05) is 6.92 Å². The zero-order chi connectivity index (χ0) is 15.8. The maximum absolute atomic E-state index is 4.95. The van der Waals surface area contributed by atoms with E-state index in [9.17, 15) is 0 Å². The minimum absolute atomic E-state index is 1.04. The lowest BCUT2D eigenvalue weighted by atomic mass is 10.2. The summed E-state index contributed by atoms with van der Waals surface area (Å²) in [5, 5.41) is 2.36. The Hall–Kier alpha value is -2.14. The molecule has 3 aromatic rings. The van der Waals surface area contributed by atoms with Crippen molar-refractivity contribution in [3.05, 3.63) is 30.6 Å². The smallest absolute Gasteiger partial charge is 0.143 e. The third-order valence-corrected chi connectivity index (χ3v) is 4.86. The van der Waals surface area contributed by atoms with Crippen molar-refractivity contribution in [2.45, 2.75) is 13.3 Å². The van der Waals surface area contributed by atoms with E-state index in [-0.39, 0.29) is 0 Å². The van der Waals surface area contributed by atoms with Crippen LogP contribution < -0.4 is 4.90 Å². The van der Waals surface area contributed by atoms with Gasteiger partial charge in [0.2, 0.25) is 0 Å². The van der Waals surface area contributed by atoms with E-state index in [4.69, 9.17) is 4.98 Å². The molecule has 1 fully saturated rings. The fourth-order valence-corrected chi connectivity index (χ4v) is 3.60. The molecule has 0 atom stereocenters. The van der Waals surface area contributed by atoms with E-state index in [1.807, 2.05) is 12.4 Å². The molecule has 0 N–H and O–H groups in total. The van der Waals surface area contributed by atoms with Crippen LogP contribution in [0.25, 0.3) is 21.9 Å². The van der Waals surface area contributed by atoms with Gasteiger partial charge in [0.25, 0.3) is 0 Å². The molecule has 120 valence electrons. The fourth-order valence-electron chi connectivity index (χ4n) is 3.60. The zero-order valence-electron chi connectivity index (χ0n) is 13.9. The summed E-state index contributed by atoms with van der Waals surface area (Å²) in [4.78, 5) is 14.2. The molecule has 4 rings (SSSR count). The van der Waals surface area contributed by atoms with Crippen molar-refractivity contribution in [2.75, 3.05) is 37.6 Å². The Morgan fingerprint density at radius 2 is 1.87 bits per heavy atom. The van der Waals surface area contributed by atoms with Crippen molar-refractivity contribution in [3.63, 3.8) is 0 Å². The first-order valence-corrected chi connectivity index (χ1v) is 8.44. The topological polar surface area (TPSA) is 37.2 Å². The normalized spacial score (nSPS) is 16.5. The molecule has 0 spiro atoms. The molecule has 0 saturated carbocycles. The molecule has 1 aliphatic heterocycles. The maximum Gasteiger partial charge on any atom is 0.143 e. The van der Waals surface area contributed by atoms with E-state index in [2.05, 4.69) is 51.5 Å². The molecule has 0 radical (unpaired) electrons. The largest absolute Gasteiger partial charge is 0.354 e. The number of anilines is 1. The summed E-state index contributed by atoms with van der Waals surface area (Å²) in [6, 6.07) is 6.41. The van der Waals surface area contributed by atoms with Gasteiger partial charge in [-0.2, -0.15) is 0 Å². The van der Waals surface area contributed by atoms with E-state index < -0.39 is 0 Å². The van der Waals surface area contributed by atoms with E-state index in [1.165, 1.54) is 29.3 Å².